The molecule has 3 heterocycles. The summed E-state index contributed by atoms with van der Waals surface area (Å²) in [5.41, 5.74) is 1.48. The quantitative estimate of drug-likeness (QED) is 0.536. The lowest BCUT2D eigenvalue weighted by Gasteiger charge is -2.08. The van der Waals surface area contributed by atoms with Crippen molar-refractivity contribution in [2.24, 2.45) is 7.05 Å². The number of aryl methyl sites for hydroxylation is 1. The number of rotatable bonds is 4. The van der Waals surface area contributed by atoms with E-state index in [-0.39, 0.29) is 23.4 Å². The monoisotopic (exact) mass is 384 g/mol. The van der Waals surface area contributed by atoms with E-state index in [2.05, 4.69) is 9.97 Å². The summed E-state index contributed by atoms with van der Waals surface area (Å²) in [7, 11) is 1.59. The molecule has 3 aromatic heterocycles. The third-order valence-electron chi connectivity index (χ3n) is 4.59. The maximum atomic E-state index is 14.3. The van der Waals surface area contributed by atoms with Gasteiger partial charge >= 0.3 is 5.69 Å². The van der Waals surface area contributed by atoms with Crippen LogP contribution in [0, 0.1) is 5.82 Å². The molecule has 1 aromatic carbocycles. The summed E-state index contributed by atoms with van der Waals surface area (Å²) in [5, 5.41) is 0. The van der Waals surface area contributed by atoms with E-state index < -0.39 is 12.2 Å². The molecule has 0 aliphatic rings. The molecular weight excluding hydrogens is 369 g/mol. The Kier molecular flexibility index (Phi) is 4.46. The number of pyridine rings is 2. The first-order chi connectivity index (χ1) is 13.5. The Labute approximate surface area is 157 Å². The molecule has 4 rings (SSSR count). The molecule has 0 bridgehead atoms. The zero-order chi connectivity index (χ0) is 19.8. The van der Waals surface area contributed by atoms with Gasteiger partial charge < -0.3 is 0 Å². The van der Waals surface area contributed by atoms with Gasteiger partial charge in [-0.2, -0.15) is 0 Å². The van der Waals surface area contributed by atoms with Gasteiger partial charge in [-0.1, -0.05) is 12.1 Å². The maximum absolute atomic E-state index is 14.3. The molecule has 0 saturated carbocycles. The molecule has 0 fully saturated rings. The van der Waals surface area contributed by atoms with Gasteiger partial charge in [0.1, 0.15) is 5.82 Å². The molecule has 8 heteroatoms. The molecule has 0 saturated heterocycles. The molecular formula is C20H15F3N4O. The molecule has 0 aliphatic heterocycles. The van der Waals surface area contributed by atoms with E-state index in [0.29, 0.717) is 16.7 Å². The summed E-state index contributed by atoms with van der Waals surface area (Å²) < 4.78 is 43.2. The Balaban J connectivity index is 1.89. The average molecular weight is 384 g/mol. The van der Waals surface area contributed by atoms with E-state index in [4.69, 9.17) is 0 Å². The van der Waals surface area contributed by atoms with Crippen molar-refractivity contribution in [1.82, 2.24) is 19.1 Å². The highest BCUT2D eigenvalue weighted by atomic mass is 19.3. The normalized spacial score (nSPS) is 11.5. The fourth-order valence-electron chi connectivity index (χ4n) is 3.15. The van der Waals surface area contributed by atoms with E-state index in [1.807, 2.05) is 6.07 Å². The summed E-state index contributed by atoms with van der Waals surface area (Å²) in [6.45, 7) is 0.259. The van der Waals surface area contributed by atoms with Gasteiger partial charge in [0.25, 0.3) is 6.43 Å². The number of halogens is 3. The van der Waals surface area contributed by atoms with Crippen LogP contribution in [0.1, 0.15) is 17.6 Å². The first-order valence-electron chi connectivity index (χ1n) is 8.48. The van der Waals surface area contributed by atoms with Gasteiger partial charge in [-0.15, -0.1) is 0 Å². The predicted octanol–water partition coefficient (Wildman–Crippen LogP) is 3.92. The van der Waals surface area contributed by atoms with Crippen molar-refractivity contribution in [1.29, 1.82) is 0 Å². The Morgan fingerprint density at radius 2 is 1.96 bits per heavy atom. The number of alkyl halides is 2. The molecule has 5 nitrogen and oxygen atoms in total. The summed E-state index contributed by atoms with van der Waals surface area (Å²) >= 11 is 0. The van der Waals surface area contributed by atoms with E-state index in [1.165, 1.54) is 15.3 Å². The maximum Gasteiger partial charge on any atom is 0.330 e. The summed E-state index contributed by atoms with van der Waals surface area (Å²) in [4.78, 5) is 21.0. The van der Waals surface area contributed by atoms with Crippen LogP contribution in [0.2, 0.25) is 0 Å². The van der Waals surface area contributed by atoms with Crippen molar-refractivity contribution < 1.29 is 13.2 Å². The van der Waals surface area contributed by atoms with Crippen LogP contribution in [0.15, 0.2) is 59.8 Å². The van der Waals surface area contributed by atoms with Crippen LogP contribution in [0.25, 0.3) is 22.3 Å². The first-order valence-corrected chi connectivity index (χ1v) is 8.48. The number of nitrogens with zero attached hydrogens (tertiary/aromatic N) is 4. The number of hydrogen-bond acceptors (Lipinski definition) is 3. The predicted molar refractivity (Wildman–Crippen MR) is 98.7 cm³/mol. The van der Waals surface area contributed by atoms with E-state index >= 15 is 0 Å². The van der Waals surface area contributed by atoms with Gasteiger partial charge in [-0.3, -0.25) is 14.1 Å². The van der Waals surface area contributed by atoms with Crippen molar-refractivity contribution in [2.75, 3.05) is 0 Å². The van der Waals surface area contributed by atoms with E-state index in [0.717, 1.165) is 23.8 Å². The third-order valence-corrected chi connectivity index (χ3v) is 4.59. The zero-order valence-electron chi connectivity index (χ0n) is 14.8. The molecule has 0 radical (unpaired) electrons. The molecule has 0 unspecified atom stereocenters. The summed E-state index contributed by atoms with van der Waals surface area (Å²) in [6, 6.07) is 8.36. The Morgan fingerprint density at radius 3 is 2.68 bits per heavy atom. The van der Waals surface area contributed by atoms with Crippen molar-refractivity contribution >= 4 is 11.2 Å². The minimum absolute atomic E-state index is 0.0106. The lowest BCUT2D eigenvalue weighted by Crippen LogP contribution is -2.22. The van der Waals surface area contributed by atoms with Gasteiger partial charge in [-0.25, -0.2) is 22.9 Å². The fourth-order valence-corrected chi connectivity index (χ4v) is 3.15. The molecule has 0 spiro atoms. The number of benzene rings is 1. The minimum Gasteiger partial charge on any atom is -0.286 e. The molecule has 0 amide bonds. The highest BCUT2D eigenvalue weighted by Crippen LogP contribution is 2.29. The number of fused-ring (bicyclic) bond motifs is 1. The minimum atomic E-state index is -2.71. The largest absolute Gasteiger partial charge is 0.330 e. The lowest BCUT2D eigenvalue weighted by molar-refractivity contribution is 0.151. The van der Waals surface area contributed by atoms with E-state index in [1.54, 1.807) is 31.6 Å². The molecule has 28 heavy (non-hydrogen) atoms. The summed E-state index contributed by atoms with van der Waals surface area (Å²) in [6.07, 6.45) is 1.95. The fraction of sp³-hybridized carbons (Fsp3) is 0.150. The van der Waals surface area contributed by atoms with Crippen LogP contribution in [-0.2, 0) is 13.6 Å². The standard InChI is InChI=1S/C20H15F3N4O/c1-26-19-17(27(20(26)28)11-12-3-2-6-24-9-12)8-14(10-25-19)15-7-13(18(22)23)4-5-16(15)21/h2-10,18H,11H2,1H3. The Bertz CT molecular complexity index is 1220. The van der Waals surface area contributed by atoms with Crippen LogP contribution in [-0.4, -0.2) is 19.1 Å². The Hall–Kier alpha value is -3.42. The smallest absolute Gasteiger partial charge is 0.286 e. The first kappa shape index (κ1) is 18.0. The average Bonchev–Trinajstić information content (AvgIpc) is 2.93. The zero-order valence-corrected chi connectivity index (χ0v) is 14.8. The number of imidazole rings is 1. The van der Waals surface area contributed by atoms with E-state index in [9.17, 15) is 18.0 Å². The number of hydrogen-bond donors (Lipinski definition) is 0. The van der Waals surface area contributed by atoms with Gasteiger partial charge in [-0.05, 0) is 29.8 Å². The van der Waals surface area contributed by atoms with Crippen molar-refractivity contribution in [3.05, 3.63) is 82.4 Å². The Morgan fingerprint density at radius 1 is 1.14 bits per heavy atom. The van der Waals surface area contributed by atoms with Gasteiger partial charge in [0, 0.05) is 42.3 Å². The molecule has 0 N–H and O–H groups in total. The lowest BCUT2D eigenvalue weighted by atomic mass is 10.0. The van der Waals surface area contributed by atoms with Crippen LogP contribution < -0.4 is 5.69 Å². The van der Waals surface area contributed by atoms with Crippen LogP contribution in [0.3, 0.4) is 0 Å². The SMILES string of the molecule is Cn1c(=O)n(Cc2cccnc2)c2cc(-c3cc(C(F)F)ccc3F)cnc21. The van der Waals surface area contributed by atoms with Crippen molar-refractivity contribution in [3.63, 3.8) is 0 Å². The van der Waals surface area contributed by atoms with Crippen molar-refractivity contribution in [2.45, 2.75) is 13.0 Å². The molecule has 0 atom stereocenters. The van der Waals surface area contributed by atoms with Crippen LogP contribution in [0.5, 0.6) is 0 Å². The topological polar surface area (TPSA) is 52.7 Å². The van der Waals surface area contributed by atoms with Gasteiger partial charge in [0.15, 0.2) is 5.65 Å². The summed E-state index contributed by atoms with van der Waals surface area (Å²) in [5.74, 6) is -0.636. The van der Waals surface area contributed by atoms with Crippen LogP contribution >= 0.6 is 0 Å². The number of aromatic nitrogens is 4. The molecule has 4 aromatic rings. The molecule has 142 valence electrons. The van der Waals surface area contributed by atoms with Gasteiger partial charge in [0.2, 0.25) is 0 Å². The van der Waals surface area contributed by atoms with Crippen LogP contribution in [0.4, 0.5) is 13.2 Å². The second-order valence-corrected chi connectivity index (χ2v) is 6.40. The third kappa shape index (κ3) is 3.06. The highest BCUT2D eigenvalue weighted by molar-refractivity contribution is 5.79. The highest BCUT2D eigenvalue weighted by Gasteiger charge is 2.17. The van der Waals surface area contributed by atoms with Crippen molar-refractivity contribution in [3.8, 4) is 11.1 Å². The van der Waals surface area contributed by atoms with Gasteiger partial charge in [0.05, 0.1) is 12.1 Å². The second kappa shape index (κ2) is 6.95. The molecule has 0 aliphatic carbocycles. The second-order valence-electron chi connectivity index (χ2n) is 6.40.